The number of esters is 1. The Kier molecular flexibility index (Phi) is 19.6. The van der Waals surface area contributed by atoms with Crippen LogP contribution in [0.4, 0.5) is 0 Å². The van der Waals surface area contributed by atoms with Gasteiger partial charge in [-0.15, -0.1) is 0 Å². The van der Waals surface area contributed by atoms with Crippen LogP contribution in [0.25, 0.3) is 0 Å². The molecule has 2 unspecified atom stereocenters. The van der Waals surface area contributed by atoms with E-state index in [2.05, 4.69) is 26.8 Å². The van der Waals surface area contributed by atoms with Crippen molar-refractivity contribution in [3.8, 4) is 5.75 Å². The van der Waals surface area contributed by atoms with Crippen LogP contribution < -0.4 is 0 Å². The molecule has 2 atom stereocenters. The fraction of sp³-hybridized carbons (Fsp3) is 0.781. The van der Waals surface area contributed by atoms with Gasteiger partial charge in [-0.25, -0.2) is 0 Å². The Morgan fingerprint density at radius 1 is 0.771 bits per heavy atom. The monoisotopic (exact) mass is 488 g/mol. The number of phenols is 1. The van der Waals surface area contributed by atoms with E-state index in [9.17, 15) is 9.90 Å². The van der Waals surface area contributed by atoms with Gasteiger partial charge in [0, 0.05) is 6.42 Å². The maximum absolute atomic E-state index is 12.0. The number of hydrogen-bond donors (Lipinski definition) is 1. The Bertz CT molecular complexity index is 627. The Morgan fingerprint density at radius 3 is 1.97 bits per heavy atom. The molecular formula is C32H56O3. The SMILES string of the molecule is CCCCCCCC(CCCCCCCCCC(=O)OCC(CC)CCCC)c1cccc(O)c1. The zero-order chi connectivity index (χ0) is 25.6. The normalized spacial score (nSPS) is 13.0. The van der Waals surface area contributed by atoms with Crippen molar-refractivity contribution in [3.63, 3.8) is 0 Å². The highest BCUT2D eigenvalue weighted by Crippen LogP contribution is 2.30. The molecule has 0 aliphatic carbocycles. The molecule has 35 heavy (non-hydrogen) atoms. The van der Waals surface area contributed by atoms with Gasteiger partial charge in [0.05, 0.1) is 6.61 Å². The Morgan fingerprint density at radius 2 is 1.37 bits per heavy atom. The standard InChI is InChI=1S/C32H56O3/c1-4-7-9-13-16-21-29(30-23-19-24-31(33)26-30)22-17-14-11-10-12-15-18-25-32(34)35-27-28(6-3)20-8-5-2/h19,23-24,26,28-29,33H,4-18,20-22,25,27H2,1-3H3. The minimum Gasteiger partial charge on any atom is -0.508 e. The number of carbonyl (C=O) groups excluding carboxylic acids is 1. The van der Waals surface area contributed by atoms with Gasteiger partial charge in [-0.05, 0) is 55.2 Å². The summed E-state index contributed by atoms with van der Waals surface area (Å²) in [7, 11) is 0. The molecule has 0 radical (unpaired) electrons. The predicted octanol–water partition coefficient (Wildman–Crippen LogP) is 10.1. The molecule has 0 spiro atoms. The molecule has 3 nitrogen and oxygen atoms in total. The van der Waals surface area contributed by atoms with Crippen molar-refractivity contribution in [1.82, 2.24) is 0 Å². The molecule has 0 heterocycles. The molecule has 1 rings (SSSR count). The van der Waals surface area contributed by atoms with Crippen LogP contribution in [0.2, 0.25) is 0 Å². The molecule has 0 fully saturated rings. The first kappa shape index (κ1) is 31.5. The van der Waals surface area contributed by atoms with E-state index in [-0.39, 0.29) is 5.97 Å². The smallest absolute Gasteiger partial charge is 0.305 e. The second-order valence-electron chi connectivity index (χ2n) is 10.6. The average molecular weight is 489 g/mol. The third-order valence-corrected chi connectivity index (χ3v) is 7.45. The first-order valence-corrected chi connectivity index (χ1v) is 15.0. The maximum Gasteiger partial charge on any atom is 0.305 e. The van der Waals surface area contributed by atoms with E-state index in [1.807, 2.05) is 12.1 Å². The van der Waals surface area contributed by atoms with E-state index >= 15 is 0 Å². The average Bonchev–Trinajstić information content (AvgIpc) is 2.86. The van der Waals surface area contributed by atoms with Crippen molar-refractivity contribution in [2.75, 3.05) is 6.61 Å². The van der Waals surface area contributed by atoms with Gasteiger partial charge < -0.3 is 9.84 Å². The summed E-state index contributed by atoms with van der Waals surface area (Å²) in [4.78, 5) is 12.0. The van der Waals surface area contributed by atoms with Crippen molar-refractivity contribution in [2.24, 2.45) is 5.92 Å². The Hall–Kier alpha value is -1.51. The Labute approximate surface area is 217 Å². The number of aromatic hydroxyl groups is 1. The maximum atomic E-state index is 12.0. The quantitative estimate of drug-likeness (QED) is 0.123. The van der Waals surface area contributed by atoms with Crippen molar-refractivity contribution >= 4 is 5.97 Å². The van der Waals surface area contributed by atoms with Gasteiger partial charge in [-0.2, -0.15) is 0 Å². The van der Waals surface area contributed by atoms with E-state index < -0.39 is 0 Å². The fourth-order valence-corrected chi connectivity index (χ4v) is 4.98. The van der Waals surface area contributed by atoms with Gasteiger partial charge in [0.1, 0.15) is 5.75 Å². The molecular weight excluding hydrogens is 432 g/mol. The molecule has 1 aromatic carbocycles. The van der Waals surface area contributed by atoms with Gasteiger partial charge in [0.2, 0.25) is 0 Å². The molecule has 0 aliphatic rings. The lowest BCUT2D eigenvalue weighted by Crippen LogP contribution is -2.13. The highest BCUT2D eigenvalue weighted by molar-refractivity contribution is 5.69. The van der Waals surface area contributed by atoms with E-state index in [1.54, 1.807) is 6.07 Å². The number of rotatable bonds is 23. The largest absolute Gasteiger partial charge is 0.508 e. The third-order valence-electron chi connectivity index (χ3n) is 7.45. The lowest BCUT2D eigenvalue weighted by atomic mass is 9.88. The van der Waals surface area contributed by atoms with E-state index in [4.69, 9.17) is 4.74 Å². The highest BCUT2D eigenvalue weighted by Gasteiger charge is 2.12. The van der Waals surface area contributed by atoms with Crippen LogP contribution in [0.1, 0.15) is 154 Å². The number of carbonyl (C=O) groups is 1. The van der Waals surface area contributed by atoms with E-state index in [0.717, 1.165) is 19.3 Å². The van der Waals surface area contributed by atoms with E-state index in [0.29, 0.717) is 30.6 Å². The number of phenolic OH excluding ortho intramolecular Hbond substituents is 1. The Balaban J connectivity index is 2.14. The zero-order valence-electron chi connectivity index (χ0n) is 23.4. The second kappa shape index (κ2) is 21.7. The van der Waals surface area contributed by atoms with Crippen LogP contribution in [0.3, 0.4) is 0 Å². The third kappa shape index (κ3) is 16.7. The van der Waals surface area contributed by atoms with Crippen LogP contribution in [0.5, 0.6) is 5.75 Å². The summed E-state index contributed by atoms with van der Waals surface area (Å²) in [5.41, 5.74) is 1.31. The van der Waals surface area contributed by atoms with Gasteiger partial charge in [-0.3, -0.25) is 4.79 Å². The summed E-state index contributed by atoms with van der Waals surface area (Å²) >= 11 is 0. The molecule has 0 aromatic heterocycles. The lowest BCUT2D eigenvalue weighted by molar-refractivity contribution is -0.145. The van der Waals surface area contributed by atoms with Crippen LogP contribution in [-0.2, 0) is 9.53 Å². The summed E-state index contributed by atoms with van der Waals surface area (Å²) in [5, 5.41) is 9.92. The molecule has 202 valence electrons. The predicted molar refractivity (Wildman–Crippen MR) is 150 cm³/mol. The van der Waals surface area contributed by atoms with Crippen LogP contribution >= 0.6 is 0 Å². The minimum atomic E-state index is -0.00682. The van der Waals surface area contributed by atoms with Crippen molar-refractivity contribution < 1.29 is 14.6 Å². The molecule has 0 saturated heterocycles. The first-order valence-electron chi connectivity index (χ1n) is 15.0. The van der Waals surface area contributed by atoms with Crippen molar-refractivity contribution in [2.45, 2.75) is 149 Å². The fourth-order valence-electron chi connectivity index (χ4n) is 4.98. The molecule has 3 heteroatoms. The minimum absolute atomic E-state index is 0.00682. The molecule has 1 N–H and O–H groups in total. The van der Waals surface area contributed by atoms with Gasteiger partial charge >= 0.3 is 5.97 Å². The van der Waals surface area contributed by atoms with Gasteiger partial charge in [0.15, 0.2) is 0 Å². The van der Waals surface area contributed by atoms with Crippen LogP contribution in [0, 0.1) is 5.92 Å². The molecule has 0 bridgehead atoms. The highest BCUT2D eigenvalue weighted by atomic mass is 16.5. The molecule has 0 saturated carbocycles. The topological polar surface area (TPSA) is 46.5 Å². The van der Waals surface area contributed by atoms with Crippen LogP contribution in [-0.4, -0.2) is 17.7 Å². The van der Waals surface area contributed by atoms with Crippen molar-refractivity contribution in [3.05, 3.63) is 29.8 Å². The van der Waals surface area contributed by atoms with Gasteiger partial charge in [-0.1, -0.05) is 123 Å². The first-order chi connectivity index (χ1) is 17.1. The summed E-state index contributed by atoms with van der Waals surface area (Å²) in [6.07, 6.45) is 22.7. The molecule has 0 aliphatic heterocycles. The summed E-state index contributed by atoms with van der Waals surface area (Å²) in [5.74, 6) is 1.49. The zero-order valence-corrected chi connectivity index (χ0v) is 23.4. The summed E-state index contributed by atoms with van der Waals surface area (Å²) in [6.45, 7) is 7.28. The lowest BCUT2D eigenvalue weighted by Gasteiger charge is -2.18. The number of unbranched alkanes of at least 4 members (excludes halogenated alkanes) is 11. The summed E-state index contributed by atoms with van der Waals surface area (Å²) in [6, 6.07) is 7.92. The van der Waals surface area contributed by atoms with Crippen LogP contribution in [0.15, 0.2) is 24.3 Å². The number of benzene rings is 1. The van der Waals surface area contributed by atoms with E-state index in [1.165, 1.54) is 102 Å². The van der Waals surface area contributed by atoms with Gasteiger partial charge in [0.25, 0.3) is 0 Å². The number of ether oxygens (including phenoxy) is 1. The van der Waals surface area contributed by atoms with Crippen molar-refractivity contribution in [1.29, 1.82) is 0 Å². The molecule has 0 amide bonds. The number of hydrogen-bond acceptors (Lipinski definition) is 3. The molecule has 1 aromatic rings. The summed E-state index contributed by atoms with van der Waals surface area (Å²) < 4.78 is 5.51. The second-order valence-corrected chi connectivity index (χ2v) is 10.6.